The molecule has 2 N–H and O–H groups in total. The molecule has 3 aromatic carbocycles. The van der Waals surface area contributed by atoms with E-state index in [-0.39, 0.29) is 11.8 Å². The lowest BCUT2D eigenvalue weighted by molar-refractivity contribution is -0.118. The molecule has 0 aliphatic heterocycles. The van der Waals surface area contributed by atoms with Crippen LogP contribution in [-0.4, -0.2) is 29.1 Å². The van der Waals surface area contributed by atoms with Crippen molar-refractivity contribution in [3.8, 4) is 0 Å². The van der Waals surface area contributed by atoms with Gasteiger partial charge in [0.05, 0.1) is 26.0 Å². The molecule has 168 valence electrons. The van der Waals surface area contributed by atoms with E-state index in [1.165, 1.54) is 34.7 Å². The third-order valence-electron chi connectivity index (χ3n) is 4.71. The number of thioether (sulfide) groups is 1. The molecule has 9 heteroatoms. The predicted molar refractivity (Wildman–Crippen MR) is 138 cm³/mol. The summed E-state index contributed by atoms with van der Waals surface area (Å²) >= 11 is 14.8. The van der Waals surface area contributed by atoms with Crippen LogP contribution in [0, 0.1) is 0 Å². The summed E-state index contributed by atoms with van der Waals surface area (Å²) in [6, 6.07) is 20.3. The number of carbonyl (C=O) groups is 2. The molecule has 2 amide bonds. The zero-order valence-electron chi connectivity index (χ0n) is 17.3. The van der Waals surface area contributed by atoms with Crippen LogP contribution in [0.4, 0.5) is 5.69 Å². The SMILES string of the molecule is O=C(CSc1nc2ccc(NC(=O)c3ccc(Cl)c(Cl)c3)cc2s1)NCCc1ccccc1. The van der Waals surface area contributed by atoms with Gasteiger partial charge >= 0.3 is 0 Å². The van der Waals surface area contributed by atoms with Crippen molar-refractivity contribution in [1.82, 2.24) is 10.3 Å². The topological polar surface area (TPSA) is 71.1 Å². The van der Waals surface area contributed by atoms with Crippen molar-refractivity contribution in [2.75, 3.05) is 17.6 Å². The van der Waals surface area contributed by atoms with Crippen LogP contribution in [0.3, 0.4) is 0 Å². The highest BCUT2D eigenvalue weighted by Gasteiger charge is 2.11. The minimum Gasteiger partial charge on any atom is -0.355 e. The quantitative estimate of drug-likeness (QED) is 0.270. The highest BCUT2D eigenvalue weighted by molar-refractivity contribution is 8.01. The van der Waals surface area contributed by atoms with Crippen molar-refractivity contribution in [2.45, 2.75) is 10.8 Å². The molecule has 0 saturated heterocycles. The van der Waals surface area contributed by atoms with Gasteiger partial charge in [0.1, 0.15) is 0 Å². The van der Waals surface area contributed by atoms with Gasteiger partial charge in [-0.25, -0.2) is 4.98 Å². The van der Waals surface area contributed by atoms with Crippen molar-refractivity contribution in [1.29, 1.82) is 0 Å². The van der Waals surface area contributed by atoms with Crippen molar-refractivity contribution < 1.29 is 9.59 Å². The number of aromatic nitrogens is 1. The van der Waals surface area contributed by atoms with Crippen LogP contribution < -0.4 is 10.6 Å². The number of hydrogen-bond acceptors (Lipinski definition) is 5. The van der Waals surface area contributed by atoms with Crippen LogP contribution in [0.5, 0.6) is 0 Å². The average molecular weight is 516 g/mol. The first-order valence-electron chi connectivity index (χ1n) is 10.1. The Bertz CT molecular complexity index is 1300. The average Bonchev–Trinajstić information content (AvgIpc) is 3.22. The summed E-state index contributed by atoms with van der Waals surface area (Å²) in [6.45, 7) is 0.602. The molecule has 1 heterocycles. The van der Waals surface area contributed by atoms with E-state index in [0.29, 0.717) is 33.6 Å². The number of nitrogens with one attached hydrogen (secondary N) is 2. The van der Waals surface area contributed by atoms with E-state index in [1.807, 2.05) is 42.5 Å². The summed E-state index contributed by atoms with van der Waals surface area (Å²) in [5.74, 6) is -0.000759. The first kappa shape index (κ1) is 23.6. The molecule has 0 atom stereocenters. The third-order valence-corrected chi connectivity index (χ3v) is 7.61. The van der Waals surface area contributed by atoms with Crippen LogP contribution in [-0.2, 0) is 11.2 Å². The van der Waals surface area contributed by atoms with Crippen molar-refractivity contribution in [3.63, 3.8) is 0 Å². The zero-order chi connectivity index (χ0) is 23.2. The molecule has 5 nitrogen and oxygen atoms in total. The fourth-order valence-electron chi connectivity index (χ4n) is 3.05. The van der Waals surface area contributed by atoms with E-state index >= 15 is 0 Å². The fourth-order valence-corrected chi connectivity index (χ4v) is 5.29. The van der Waals surface area contributed by atoms with E-state index < -0.39 is 0 Å². The predicted octanol–water partition coefficient (Wildman–Crippen LogP) is 6.31. The number of rotatable bonds is 8. The normalized spacial score (nSPS) is 10.8. The molecule has 33 heavy (non-hydrogen) atoms. The molecule has 0 radical (unpaired) electrons. The van der Waals surface area contributed by atoms with E-state index in [9.17, 15) is 9.59 Å². The molecule has 0 aliphatic carbocycles. The molecule has 0 aliphatic rings. The highest BCUT2D eigenvalue weighted by Crippen LogP contribution is 2.31. The molecule has 1 aromatic heterocycles. The number of amides is 2. The summed E-state index contributed by atoms with van der Waals surface area (Å²) in [5.41, 5.74) is 3.08. The van der Waals surface area contributed by atoms with Gasteiger partial charge in [-0.05, 0) is 48.4 Å². The van der Waals surface area contributed by atoms with Crippen molar-refractivity contribution >= 4 is 74.0 Å². The molecule has 0 fully saturated rings. The summed E-state index contributed by atoms with van der Waals surface area (Å²) in [6.07, 6.45) is 0.801. The number of nitrogens with zero attached hydrogens (tertiary/aromatic N) is 1. The largest absolute Gasteiger partial charge is 0.355 e. The number of halogens is 2. The van der Waals surface area contributed by atoms with E-state index in [2.05, 4.69) is 15.6 Å². The van der Waals surface area contributed by atoms with Crippen molar-refractivity contribution in [2.24, 2.45) is 0 Å². The lowest BCUT2D eigenvalue weighted by Crippen LogP contribution is -2.27. The summed E-state index contributed by atoms with van der Waals surface area (Å²) < 4.78 is 1.73. The van der Waals surface area contributed by atoms with Gasteiger partial charge in [0.2, 0.25) is 5.91 Å². The second-order valence-electron chi connectivity index (χ2n) is 7.12. The zero-order valence-corrected chi connectivity index (χ0v) is 20.5. The third kappa shape index (κ3) is 6.48. The summed E-state index contributed by atoms with van der Waals surface area (Å²) in [5, 5.41) is 6.53. The molecular weight excluding hydrogens is 497 g/mol. The van der Waals surface area contributed by atoms with E-state index in [4.69, 9.17) is 23.2 Å². The minimum absolute atomic E-state index is 0.0234. The minimum atomic E-state index is -0.279. The van der Waals surface area contributed by atoms with Gasteiger partial charge in [-0.2, -0.15) is 0 Å². The molecule has 0 unspecified atom stereocenters. The van der Waals surface area contributed by atoms with Crippen LogP contribution >= 0.6 is 46.3 Å². The first-order chi connectivity index (χ1) is 16.0. The number of benzene rings is 3. The fraction of sp³-hybridized carbons (Fsp3) is 0.125. The van der Waals surface area contributed by atoms with Gasteiger partial charge in [-0.15, -0.1) is 11.3 Å². The maximum absolute atomic E-state index is 12.5. The van der Waals surface area contributed by atoms with Crippen LogP contribution in [0.25, 0.3) is 10.2 Å². The lowest BCUT2D eigenvalue weighted by Gasteiger charge is -2.06. The number of fused-ring (bicyclic) bond motifs is 1. The molecule has 0 saturated carbocycles. The second kappa shape index (κ2) is 11.0. The Morgan fingerprint density at radius 1 is 0.970 bits per heavy atom. The van der Waals surface area contributed by atoms with Gasteiger partial charge in [0, 0.05) is 17.8 Å². The maximum Gasteiger partial charge on any atom is 0.255 e. The van der Waals surface area contributed by atoms with Crippen molar-refractivity contribution in [3.05, 3.63) is 87.9 Å². The molecule has 4 rings (SSSR count). The number of hydrogen-bond donors (Lipinski definition) is 2. The number of carbonyl (C=O) groups excluding carboxylic acids is 2. The Labute approximate surface area is 209 Å². The molecule has 0 spiro atoms. The van der Waals surface area contributed by atoms with Gasteiger partial charge in [0.15, 0.2) is 4.34 Å². The number of anilines is 1. The standard InChI is InChI=1S/C24H19Cl2N3O2S2/c25-18-8-6-16(12-19(18)26)23(31)28-17-7-9-20-21(13-17)33-24(29-20)32-14-22(30)27-11-10-15-4-2-1-3-5-15/h1-9,12-13H,10-11,14H2,(H,27,30)(H,28,31). The van der Waals surface area contributed by atoms with Gasteiger partial charge in [-0.3, -0.25) is 9.59 Å². The van der Waals surface area contributed by atoms with Gasteiger partial charge < -0.3 is 10.6 Å². The Hall–Kier alpha value is -2.58. The molecule has 4 aromatic rings. The van der Waals surface area contributed by atoms with Crippen LogP contribution in [0.1, 0.15) is 15.9 Å². The Kier molecular flexibility index (Phi) is 7.88. The monoisotopic (exact) mass is 515 g/mol. The first-order valence-corrected chi connectivity index (χ1v) is 12.6. The second-order valence-corrected chi connectivity index (χ2v) is 10.2. The van der Waals surface area contributed by atoms with Crippen LogP contribution in [0.15, 0.2) is 71.1 Å². The molecular formula is C24H19Cl2N3O2S2. The summed E-state index contributed by atoms with van der Waals surface area (Å²) in [4.78, 5) is 29.2. The lowest BCUT2D eigenvalue weighted by atomic mass is 10.1. The maximum atomic E-state index is 12.5. The smallest absolute Gasteiger partial charge is 0.255 e. The van der Waals surface area contributed by atoms with Gasteiger partial charge in [-0.1, -0.05) is 65.3 Å². The Balaban J connectivity index is 1.31. The van der Waals surface area contributed by atoms with E-state index in [0.717, 1.165) is 21.0 Å². The van der Waals surface area contributed by atoms with Gasteiger partial charge in [0.25, 0.3) is 5.91 Å². The number of thiazole rings is 1. The highest BCUT2D eigenvalue weighted by atomic mass is 35.5. The van der Waals surface area contributed by atoms with E-state index in [1.54, 1.807) is 18.2 Å². The molecule has 0 bridgehead atoms. The van der Waals surface area contributed by atoms with Crippen LogP contribution in [0.2, 0.25) is 10.0 Å². The Morgan fingerprint density at radius 2 is 1.79 bits per heavy atom. The Morgan fingerprint density at radius 3 is 2.58 bits per heavy atom. The summed E-state index contributed by atoms with van der Waals surface area (Å²) in [7, 11) is 0.